The van der Waals surface area contributed by atoms with Gasteiger partial charge in [0.25, 0.3) is 11.8 Å². The number of methoxy groups -OCH3 is 1. The Kier molecular flexibility index (Phi) is 6.84. The minimum absolute atomic E-state index is 0.395. The van der Waals surface area contributed by atoms with Gasteiger partial charge in [-0.2, -0.15) is 0 Å². The Morgan fingerprint density at radius 3 is 2.08 bits per heavy atom. The summed E-state index contributed by atoms with van der Waals surface area (Å²) in [6.07, 6.45) is -0.788. The van der Waals surface area contributed by atoms with Gasteiger partial charge in [0.2, 0.25) is 0 Å². The van der Waals surface area contributed by atoms with Crippen LogP contribution in [-0.2, 0) is 4.79 Å². The van der Waals surface area contributed by atoms with Gasteiger partial charge in [-0.15, -0.1) is 0 Å². The molecule has 0 aliphatic carbocycles. The Labute approximate surface area is 152 Å². The van der Waals surface area contributed by atoms with Crippen LogP contribution in [0.4, 0.5) is 0 Å². The normalized spacial score (nSPS) is 11.2. The highest BCUT2D eigenvalue weighted by Gasteiger charge is 2.16. The monoisotopic (exact) mass is 358 g/mol. The Morgan fingerprint density at radius 2 is 1.50 bits per heavy atom. The molecular formula is C19H22N2O5. The van der Waals surface area contributed by atoms with Crippen molar-refractivity contribution >= 4 is 11.8 Å². The molecule has 0 unspecified atom stereocenters. The van der Waals surface area contributed by atoms with E-state index in [1.807, 2.05) is 6.92 Å². The summed E-state index contributed by atoms with van der Waals surface area (Å²) >= 11 is 0. The number of nitrogens with one attached hydrogen (secondary N) is 2. The maximum Gasteiger partial charge on any atom is 0.279 e. The Morgan fingerprint density at radius 1 is 0.923 bits per heavy atom. The van der Waals surface area contributed by atoms with E-state index >= 15 is 0 Å². The molecule has 0 saturated heterocycles. The number of carbonyl (C=O) groups excluding carboxylic acids is 2. The predicted molar refractivity (Wildman–Crippen MR) is 96.3 cm³/mol. The first-order valence-electron chi connectivity index (χ1n) is 8.17. The van der Waals surface area contributed by atoms with E-state index in [0.29, 0.717) is 23.7 Å². The molecule has 0 fully saturated rings. The van der Waals surface area contributed by atoms with E-state index < -0.39 is 17.9 Å². The average Bonchev–Trinajstić information content (AvgIpc) is 2.67. The van der Waals surface area contributed by atoms with Gasteiger partial charge in [-0.1, -0.05) is 0 Å². The fourth-order valence-corrected chi connectivity index (χ4v) is 2.07. The van der Waals surface area contributed by atoms with Crippen molar-refractivity contribution in [3.8, 4) is 17.2 Å². The fraction of sp³-hybridized carbons (Fsp3) is 0.263. The van der Waals surface area contributed by atoms with Crippen molar-refractivity contribution in [1.82, 2.24) is 10.9 Å². The van der Waals surface area contributed by atoms with Crippen LogP contribution in [0.1, 0.15) is 24.2 Å². The highest BCUT2D eigenvalue weighted by molar-refractivity contribution is 5.95. The van der Waals surface area contributed by atoms with E-state index in [2.05, 4.69) is 10.9 Å². The van der Waals surface area contributed by atoms with Gasteiger partial charge in [0.15, 0.2) is 6.10 Å². The van der Waals surface area contributed by atoms with Gasteiger partial charge in [0.05, 0.1) is 13.7 Å². The lowest BCUT2D eigenvalue weighted by Gasteiger charge is -2.15. The van der Waals surface area contributed by atoms with E-state index in [1.54, 1.807) is 62.6 Å². The summed E-state index contributed by atoms with van der Waals surface area (Å²) in [6, 6.07) is 13.5. The van der Waals surface area contributed by atoms with Gasteiger partial charge >= 0.3 is 0 Å². The average molecular weight is 358 g/mol. The molecule has 1 atom stereocenters. The van der Waals surface area contributed by atoms with E-state index in [-0.39, 0.29) is 0 Å². The molecule has 2 N–H and O–H groups in total. The lowest BCUT2D eigenvalue weighted by Crippen LogP contribution is -2.47. The maximum absolute atomic E-state index is 12.1. The minimum atomic E-state index is -0.788. The van der Waals surface area contributed by atoms with Crippen LogP contribution in [0, 0.1) is 0 Å². The molecule has 7 heteroatoms. The third kappa shape index (κ3) is 5.41. The molecule has 0 radical (unpaired) electrons. The van der Waals surface area contributed by atoms with Gasteiger partial charge < -0.3 is 14.2 Å². The molecule has 26 heavy (non-hydrogen) atoms. The molecule has 0 bridgehead atoms. The molecule has 2 rings (SSSR count). The van der Waals surface area contributed by atoms with Crippen molar-refractivity contribution in [2.75, 3.05) is 13.7 Å². The van der Waals surface area contributed by atoms with Gasteiger partial charge in [-0.05, 0) is 62.4 Å². The molecule has 2 amide bonds. The lowest BCUT2D eigenvalue weighted by atomic mass is 10.2. The molecule has 0 spiro atoms. The number of amides is 2. The van der Waals surface area contributed by atoms with Crippen LogP contribution < -0.4 is 25.1 Å². The second kappa shape index (κ2) is 9.31. The first kappa shape index (κ1) is 19.1. The molecule has 0 aromatic heterocycles. The second-order valence-electron chi connectivity index (χ2n) is 5.34. The molecule has 2 aromatic carbocycles. The summed E-state index contributed by atoms with van der Waals surface area (Å²) in [4.78, 5) is 24.1. The van der Waals surface area contributed by atoms with Crippen molar-refractivity contribution in [1.29, 1.82) is 0 Å². The van der Waals surface area contributed by atoms with Crippen LogP contribution in [0.15, 0.2) is 48.5 Å². The second-order valence-corrected chi connectivity index (χ2v) is 5.34. The zero-order valence-corrected chi connectivity index (χ0v) is 14.9. The predicted octanol–water partition coefficient (Wildman–Crippen LogP) is 2.32. The molecule has 2 aromatic rings. The number of hydrogen-bond donors (Lipinski definition) is 2. The minimum Gasteiger partial charge on any atom is -0.497 e. The molecule has 0 saturated carbocycles. The highest BCUT2D eigenvalue weighted by Crippen LogP contribution is 2.18. The Hall–Kier alpha value is -3.22. The third-order valence-electron chi connectivity index (χ3n) is 3.47. The highest BCUT2D eigenvalue weighted by atomic mass is 16.5. The summed E-state index contributed by atoms with van der Waals surface area (Å²) in [7, 11) is 1.54. The summed E-state index contributed by atoms with van der Waals surface area (Å²) in [6.45, 7) is 4.06. The van der Waals surface area contributed by atoms with Crippen LogP contribution in [-0.4, -0.2) is 31.6 Å². The van der Waals surface area contributed by atoms with E-state index in [0.717, 1.165) is 5.75 Å². The number of ether oxygens (including phenoxy) is 3. The first-order chi connectivity index (χ1) is 12.5. The van der Waals surface area contributed by atoms with Crippen LogP contribution >= 0.6 is 0 Å². The summed E-state index contributed by atoms with van der Waals surface area (Å²) in [5.41, 5.74) is 5.09. The lowest BCUT2D eigenvalue weighted by molar-refractivity contribution is -0.128. The van der Waals surface area contributed by atoms with Crippen molar-refractivity contribution < 1.29 is 23.8 Å². The number of rotatable bonds is 7. The smallest absolute Gasteiger partial charge is 0.279 e. The molecule has 7 nitrogen and oxygen atoms in total. The number of hydrogen-bond acceptors (Lipinski definition) is 5. The topological polar surface area (TPSA) is 85.9 Å². The van der Waals surface area contributed by atoms with Crippen molar-refractivity contribution in [3.63, 3.8) is 0 Å². The fourth-order valence-electron chi connectivity index (χ4n) is 2.07. The van der Waals surface area contributed by atoms with Crippen molar-refractivity contribution in [3.05, 3.63) is 54.1 Å². The van der Waals surface area contributed by atoms with Crippen molar-refractivity contribution in [2.24, 2.45) is 0 Å². The number of benzene rings is 2. The summed E-state index contributed by atoms with van der Waals surface area (Å²) in [5, 5.41) is 0. The van der Waals surface area contributed by atoms with E-state index in [4.69, 9.17) is 14.2 Å². The van der Waals surface area contributed by atoms with Gasteiger partial charge in [0, 0.05) is 5.56 Å². The Bertz CT molecular complexity index is 729. The number of hydrazine groups is 1. The molecule has 0 heterocycles. The van der Waals surface area contributed by atoms with Crippen LogP contribution in [0.3, 0.4) is 0 Å². The molecule has 0 aliphatic rings. The van der Waals surface area contributed by atoms with Gasteiger partial charge in [0.1, 0.15) is 17.2 Å². The van der Waals surface area contributed by atoms with Gasteiger partial charge in [-0.3, -0.25) is 20.4 Å². The maximum atomic E-state index is 12.1. The zero-order chi connectivity index (χ0) is 18.9. The third-order valence-corrected chi connectivity index (χ3v) is 3.47. The molecular weight excluding hydrogens is 336 g/mol. The summed E-state index contributed by atoms with van der Waals surface area (Å²) < 4.78 is 15.9. The summed E-state index contributed by atoms with van der Waals surface area (Å²) in [5.74, 6) is 0.985. The quantitative estimate of drug-likeness (QED) is 0.742. The molecule has 138 valence electrons. The van der Waals surface area contributed by atoms with Gasteiger partial charge in [-0.25, -0.2) is 0 Å². The van der Waals surface area contributed by atoms with Crippen LogP contribution in [0.2, 0.25) is 0 Å². The largest absolute Gasteiger partial charge is 0.497 e. The Balaban J connectivity index is 1.83. The SMILES string of the molecule is CCOc1ccc(O[C@@H](C)C(=O)NNC(=O)c2ccc(OC)cc2)cc1. The molecule has 0 aliphatic heterocycles. The first-order valence-corrected chi connectivity index (χ1v) is 8.17. The van der Waals surface area contributed by atoms with Crippen LogP contribution in [0.25, 0.3) is 0 Å². The van der Waals surface area contributed by atoms with Crippen molar-refractivity contribution in [2.45, 2.75) is 20.0 Å². The number of carbonyl (C=O) groups is 2. The van der Waals surface area contributed by atoms with E-state index in [9.17, 15) is 9.59 Å². The zero-order valence-electron chi connectivity index (χ0n) is 14.9. The standard InChI is InChI=1S/C19H22N2O5/c1-4-25-16-9-11-17(12-10-16)26-13(2)18(22)20-21-19(23)14-5-7-15(24-3)8-6-14/h5-13H,4H2,1-3H3,(H,20,22)(H,21,23)/t13-/m0/s1. The van der Waals surface area contributed by atoms with E-state index in [1.165, 1.54) is 0 Å². The van der Waals surface area contributed by atoms with Crippen LogP contribution in [0.5, 0.6) is 17.2 Å².